The number of rotatable bonds is 10. The average Bonchev–Trinajstić information content (AvgIpc) is 2.82. The lowest BCUT2D eigenvalue weighted by Crippen LogP contribution is -2.50. The van der Waals surface area contributed by atoms with Gasteiger partial charge in [0.05, 0.1) is 18.2 Å². The Kier molecular flexibility index (Phi) is 9.34. The van der Waals surface area contributed by atoms with Crippen LogP contribution >= 0.6 is 11.6 Å². The minimum Gasteiger partial charge on any atom is -0.482 e. The SMILES string of the molecule is CC(C(=O)NCCN1CCOCC1)N(Cc1ccccc1)C(=O)COc1ccccc1Cl. The number of carbonyl (C=O) groups excluding carboxylic acids is 2. The van der Waals surface area contributed by atoms with Crippen molar-refractivity contribution in [3.63, 3.8) is 0 Å². The molecule has 2 amide bonds. The van der Waals surface area contributed by atoms with Gasteiger partial charge in [0.1, 0.15) is 11.8 Å². The predicted molar refractivity (Wildman–Crippen MR) is 124 cm³/mol. The molecule has 8 heteroatoms. The van der Waals surface area contributed by atoms with Crippen LogP contribution < -0.4 is 10.1 Å². The van der Waals surface area contributed by atoms with Gasteiger partial charge in [0.25, 0.3) is 5.91 Å². The van der Waals surface area contributed by atoms with Crippen molar-refractivity contribution in [1.29, 1.82) is 0 Å². The molecule has 0 radical (unpaired) electrons. The molecule has 1 heterocycles. The Labute approximate surface area is 194 Å². The normalized spacial score (nSPS) is 15.1. The largest absolute Gasteiger partial charge is 0.482 e. The molecule has 0 bridgehead atoms. The van der Waals surface area contributed by atoms with Gasteiger partial charge in [-0.25, -0.2) is 0 Å². The van der Waals surface area contributed by atoms with Crippen LogP contribution in [0.4, 0.5) is 0 Å². The molecule has 1 unspecified atom stereocenters. The second-order valence-corrected chi connectivity index (χ2v) is 8.05. The number of carbonyl (C=O) groups is 2. The van der Waals surface area contributed by atoms with Crippen LogP contribution in [-0.4, -0.2) is 73.7 Å². The zero-order chi connectivity index (χ0) is 22.8. The van der Waals surface area contributed by atoms with Crippen molar-refractivity contribution in [2.75, 3.05) is 46.0 Å². The monoisotopic (exact) mass is 459 g/mol. The molecule has 0 aromatic heterocycles. The number of amides is 2. The van der Waals surface area contributed by atoms with Gasteiger partial charge in [0.15, 0.2) is 6.61 Å². The maximum absolute atomic E-state index is 13.1. The van der Waals surface area contributed by atoms with Gasteiger partial charge in [-0.2, -0.15) is 0 Å². The number of nitrogens with zero attached hydrogens (tertiary/aromatic N) is 2. The smallest absolute Gasteiger partial charge is 0.261 e. The van der Waals surface area contributed by atoms with Gasteiger partial charge in [-0.05, 0) is 24.6 Å². The molecule has 1 aliphatic heterocycles. The first-order valence-corrected chi connectivity index (χ1v) is 11.2. The third kappa shape index (κ3) is 7.22. The number of nitrogens with one attached hydrogen (secondary N) is 1. The van der Waals surface area contributed by atoms with Crippen LogP contribution in [0.25, 0.3) is 0 Å². The number of ether oxygens (including phenoxy) is 2. The van der Waals surface area contributed by atoms with Crippen molar-refractivity contribution in [3.8, 4) is 5.75 Å². The molecule has 172 valence electrons. The molecule has 1 atom stereocenters. The Balaban J connectivity index is 1.60. The molecule has 1 N–H and O–H groups in total. The highest BCUT2D eigenvalue weighted by Crippen LogP contribution is 2.23. The fraction of sp³-hybridized carbons (Fsp3) is 0.417. The topological polar surface area (TPSA) is 71.1 Å². The summed E-state index contributed by atoms with van der Waals surface area (Å²) in [6.45, 7) is 6.28. The van der Waals surface area contributed by atoms with Gasteiger partial charge >= 0.3 is 0 Å². The quantitative estimate of drug-likeness (QED) is 0.591. The number of para-hydroxylation sites is 1. The second-order valence-electron chi connectivity index (χ2n) is 7.65. The molecule has 0 spiro atoms. The van der Waals surface area contributed by atoms with Crippen molar-refractivity contribution in [2.24, 2.45) is 0 Å². The summed E-state index contributed by atoms with van der Waals surface area (Å²) in [5, 5.41) is 3.39. The van der Waals surface area contributed by atoms with Gasteiger partial charge < -0.3 is 19.7 Å². The van der Waals surface area contributed by atoms with Crippen LogP contribution in [0.1, 0.15) is 12.5 Å². The van der Waals surface area contributed by atoms with Gasteiger partial charge in [-0.3, -0.25) is 14.5 Å². The van der Waals surface area contributed by atoms with Crippen molar-refractivity contribution in [2.45, 2.75) is 19.5 Å². The van der Waals surface area contributed by atoms with Crippen LogP contribution in [0.5, 0.6) is 5.75 Å². The molecular weight excluding hydrogens is 430 g/mol. The summed E-state index contributed by atoms with van der Waals surface area (Å²) < 4.78 is 11.0. The zero-order valence-corrected chi connectivity index (χ0v) is 19.1. The van der Waals surface area contributed by atoms with Crippen molar-refractivity contribution in [1.82, 2.24) is 15.1 Å². The highest BCUT2D eigenvalue weighted by molar-refractivity contribution is 6.32. The van der Waals surface area contributed by atoms with Crippen LogP contribution in [0.2, 0.25) is 5.02 Å². The highest BCUT2D eigenvalue weighted by Gasteiger charge is 2.26. The number of morpholine rings is 1. The summed E-state index contributed by atoms with van der Waals surface area (Å²) >= 11 is 6.13. The van der Waals surface area contributed by atoms with E-state index in [1.807, 2.05) is 30.3 Å². The molecule has 0 saturated carbocycles. The van der Waals surface area contributed by atoms with E-state index in [2.05, 4.69) is 10.2 Å². The number of benzene rings is 2. The summed E-state index contributed by atoms with van der Waals surface area (Å²) in [4.78, 5) is 29.7. The average molecular weight is 460 g/mol. The van der Waals surface area contributed by atoms with E-state index < -0.39 is 6.04 Å². The number of hydrogen-bond acceptors (Lipinski definition) is 5. The Morgan fingerprint density at radius 1 is 1.12 bits per heavy atom. The van der Waals surface area contributed by atoms with Crippen LogP contribution in [-0.2, 0) is 20.9 Å². The minimum absolute atomic E-state index is 0.194. The zero-order valence-electron chi connectivity index (χ0n) is 18.3. The fourth-order valence-corrected chi connectivity index (χ4v) is 3.65. The lowest BCUT2D eigenvalue weighted by Gasteiger charge is -2.30. The van der Waals surface area contributed by atoms with Crippen molar-refractivity contribution in [3.05, 3.63) is 65.2 Å². The molecule has 2 aromatic carbocycles. The van der Waals surface area contributed by atoms with Crippen LogP contribution in [0.3, 0.4) is 0 Å². The molecular formula is C24H30ClN3O4. The van der Waals surface area contributed by atoms with E-state index in [0.29, 0.717) is 23.9 Å². The predicted octanol–water partition coefficient (Wildman–Crippen LogP) is 2.58. The standard InChI is InChI=1S/C24H30ClN3O4/c1-19(24(30)26-11-12-27-13-15-31-16-14-27)28(17-20-7-3-2-4-8-20)23(29)18-32-22-10-6-5-9-21(22)25/h2-10,19H,11-18H2,1H3,(H,26,30). The first-order valence-electron chi connectivity index (χ1n) is 10.8. The maximum atomic E-state index is 13.1. The summed E-state index contributed by atoms with van der Waals surface area (Å²) in [6, 6.07) is 15.9. The summed E-state index contributed by atoms with van der Waals surface area (Å²) in [5.74, 6) is -0.0466. The van der Waals surface area contributed by atoms with Crippen LogP contribution in [0.15, 0.2) is 54.6 Å². The highest BCUT2D eigenvalue weighted by atomic mass is 35.5. The van der Waals surface area contributed by atoms with Gasteiger partial charge in [0, 0.05) is 32.7 Å². The van der Waals surface area contributed by atoms with Gasteiger partial charge in [-0.1, -0.05) is 54.1 Å². The Bertz CT molecular complexity index is 875. The minimum atomic E-state index is -0.651. The lowest BCUT2D eigenvalue weighted by molar-refractivity contribution is -0.142. The summed E-state index contributed by atoms with van der Waals surface area (Å²) in [6.07, 6.45) is 0. The first-order chi connectivity index (χ1) is 15.5. The fourth-order valence-electron chi connectivity index (χ4n) is 3.46. The summed E-state index contributed by atoms with van der Waals surface area (Å²) in [5.41, 5.74) is 0.937. The lowest BCUT2D eigenvalue weighted by atomic mass is 10.1. The molecule has 1 saturated heterocycles. The van der Waals surface area contributed by atoms with Crippen molar-refractivity contribution < 1.29 is 19.1 Å². The van der Waals surface area contributed by atoms with E-state index in [-0.39, 0.29) is 18.4 Å². The molecule has 2 aromatic rings. The summed E-state index contributed by atoms with van der Waals surface area (Å²) in [7, 11) is 0. The number of halogens is 1. The van der Waals surface area contributed by atoms with E-state index in [4.69, 9.17) is 21.1 Å². The first kappa shape index (κ1) is 24.0. The van der Waals surface area contributed by atoms with E-state index in [0.717, 1.165) is 38.4 Å². The van der Waals surface area contributed by atoms with E-state index in [1.54, 1.807) is 31.2 Å². The third-order valence-electron chi connectivity index (χ3n) is 5.38. The molecule has 1 fully saturated rings. The number of hydrogen-bond donors (Lipinski definition) is 1. The Hall–Kier alpha value is -2.61. The van der Waals surface area contributed by atoms with E-state index in [9.17, 15) is 9.59 Å². The molecule has 32 heavy (non-hydrogen) atoms. The van der Waals surface area contributed by atoms with Crippen molar-refractivity contribution >= 4 is 23.4 Å². The van der Waals surface area contributed by atoms with E-state index in [1.165, 1.54) is 4.90 Å². The van der Waals surface area contributed by atoms with Gasteiger partial charge in [-0.15, -0.1) is 0 Å². The van der Waals surface area contributed by atoms with E-state index >= 15 is 0 Å². The molecule has 3 rings (SSSR count). The molecule has 7 nitrogen and oxygen atoms in total. The van der Waals surface area contributed by atoms with Crippen LogP contribution in [0, 0.1) is 0 Å². The maximum Gasteiger partial charge on any atom is 0.261 e. The molecule has 1 aliphatic rings. The Morgan fingerprint density at radius 2 is 1.81 bits per heavy atom. The molecule has 0 aliphatic carbocycles. The Morgan fingerprint density at radius 3 is 2.53 bits per heavy atom. The second kappa shape index (κ2) is 12.4. The van der Waals surface area contributed by atoms with Gasteiger partial charge in [0.2, 0.25) is 5.91 Å². The third-order valence-corrected chi connectivity index (χ3v) is 5.69.